The molecule has 0 amide bonds. The molecule has 2 aliphatic rings. The standard InChI is InChI=1S/C17H20N4O5/c1-16(2)12-6-7-17(16,3)15(22)11(12)9-18-19-13-5-4-10(20(23)24)8-14(13)21(25)26/h4-5,8-9,11-12,19H,6-7H2,1-3H3/b18-9+/t11-,12-,17-/m1/s1. The molecule has 9 heteroatoms. The molecule has 2 fully saturated rings. The fourth-order valence-electron chi connectivity index (χ4n) is 4.39. The SMILES string of the molecule is CC1(C)[C@@H]2CC[C@]1(C)C(=O)[C@@H]2/C=N/Nc1ccc([N+](=O)[O-])cc1[N+](=O)[O-]. The Hall–Kier alpha value is -2.84. The van der Waals surface area contributed by atoms with Crippen molar-refractivity contribution in [2.75, 3.05) is 5.43 Å². The van der Waals surface area contributed by atoms with Crippen LogP contribution in [-0.2, 0) is 4.79 Å². The van der Waals surface area contributed by atoms with E-state index < -0.39 is 15.5 Å². The van der Waals surface area contributed by atoms with Gasteiger partial charge in [-0.1, -0.05) is 20.8 Å². The second-order valence-electron chi connectivity index (χ2n) is 7.69. The summed E-state index contributed by atoms with van der Waals surface area (Å²) in [7, 11) is 0. The number of nitrogens with zero attached hydrogens (tertiary/aromatic N) is 3. The molecular formula is C17H20N4O5. The van der Waals surface area contributed by atoms with Crippen LogP contribution in [0, 0.1) is 42.9 Å². The Morgan fingerprint density at radius 3 is 2.46 bits per heavy atom. The maximum Gasteiger partial charge on any atom is 0.301 e. The Morgan fingerprint density at radius 2 is 1.92 bits per heavy atom. The van der Waals surface area contributed by atoms with E-state index in [0.29, 0.717) is 0 Å². The van der Waals surface area contributed by atoms with Gasteiger partial charge in [-0.2, -0.15) is 5.10 Å². The zero-order valence-electron chi connectivity index (χ0n) is 14.8. The number of rotatable bonds is 5. The van der Waals surface area contributed by atoms with Crippen molar-refractivity contribution in [1.29, 1.82) is 0 Å². The van der Waals surface area contributed by atoms with E-state index in [-0.39, 0.29) is 39.8 Å². The normalized spacial score (nSPS) is 29.3. The number of nitrogens with one attached hydrogen (secondary N) is 1. The molecule has 1 N–H and O–H groups in total. The summed E-state index contributed by atoms with van der Waals surface area (Å²) in [6, 6.07) is 3.28. The van der Waals surface area contributed by atoms with Crippen molar-refractivity contribution in [2.45, 2.75) is 33.6 Å². The number of carbonyl (C=O) groups is 1. The van der Waals surface area contributed by atoms with Crippen molar-refractivity contribution < 1.29 is 14.6 Å². The van der Waals surface area contributed by atoms with E-state index in [1.54, 1.807) is 0 Å². The Bertz CT molecular complexity index is 834. The van der Waals surface area contributed by atoms with E-state index in [1.807, 2.05) is 6.92 Å². The molecule has 0 saturated heterocycles. The molecule has 0 unspecified atom stereocenters. The quantitative estimate of drug-likeness (QED) is 0.486. The molecule has 9 nitrogen and oxygen atoms in total. The second kappa shape index (κ2) is 5.86. The van der Waals surface area contributed by atoms with E-state index in [4.69, 9.17) is 0 Å². The number of Topliss-reactive ketones (excluding diaryl/α,β-unsaturated/α-hetero) is 1. The van der Waals surface area contributed by atoms with Gasteiger partial charge in [0.25, 0.3) is 5.69 Å². The van der Waals surface area contributed by atoms with Gasteiger partial charge >= 0.3 is 5.69 Å². The summed E-state index contributed by atoms with van der Waals surface area (Å²) in [6.07, 6.45) is 3.34. The summed E-state index contributed by atoms with van der Waals surface area (Å²) in [6.45, 7) is 6.20. The lowest BCUT2D eigenvalue weighted by Crippen LogP contribution is -2.33. The third-order valence-corrected chi connectivity index (χ3v) is 6.39. The fraction of sp³-hybridized carbons (Fsp3) is 0.529. The maximum absolute atomic E-state index is 12.7. The first kappa shape index (κ1) is 18.0. The Labute approximate surface area is 149 Å². The molecule has 3 atom stereocenters. The van der Waals surface area contributed by atoms with E-state index in [0.717, 1.165) is 25.0 Å². The molecule has 3 rings (SSSR count). The molecule has 138 valence electrons. The molecule has 2 aliphatic carbocycles. The molecule has 1 aromatic carbocycles. The number of hydrogen-bond acceptors (Lipinski definition) is 7. The van der Waals surface area contributed by atoms with Crippen LogP contribution in [0.3, 0.4) is 0 Å². The summed E-state index contributed by atoms with van der Waals surface area (Å²) in [5.41, 5.74) is 1.31. The van der Waals surface area contributed by atoms with Gasteiger partial charge < -0.3 is 0 Å². The molecule has 0 spiro atoms. The van der Waals surface area contributed by atoms with Crippen LogP contribution in [0.25, 0.3) is 0 Å². The molecule has 0 heterocycles. The van der Waals surface area contributed by atoms with Crippen LogP contribution in [-0.4, -0.2) is 21.8 Å². The topological polar surface area (TPSA) is 128 Å². The number of ketones is 1. The summed E-state index contributed by atoms with van der Waals surface area (Å²) in [4.78, 5) is 33.2. The molecule has 0 radical (unpaired) electrons. The van der Waals surface area contributed by atoms with Gasteiger partial charge in [0.15, 0.2) is 0 Å². The molecule has 0 aliphatic heterocycles. The van der Waals surface area contributed by atoms with Crippen molar-refractivity contribution in [2.24, 2.45) is 27.8 Å². The third-order valence-electron chi connectivity index (χ3n) is 6.39. The Kier molecular flexibility index (Phi) is 4.05. The van der Waals surface area contributed by atoms with Crippen LogP contribution in [0.5, 0.6) is 0 Å². The van der Waals surface area contributed by atoms with Gasteiger partial charge in [-0.15, -0.1) is 0 Å². The lowest BCUT2D eigenvalue weighted by molar-refractivity contribution is -0.393. The lowest BCUT2D eigenvalue weighted by Gasteiger charge is -2.32. The van der Waals surface area contributed by atoms with Gasteiger partial charge in [-0.3, -0.25) is 30.4 Å². The van der Waals surface area contributed by atoms with E-state index >= 15 is 0 Å². The lowest BCUT2D eigenvalue weighted by atomic mass is 9.70. The first-order valence-corrected chi connectivity index (χ1v) is 8.36. The summed E-state index contributed by atoms with van der Waals surface area (Å²) in [5, 5.41) is 25.9. The van der Waals surface area contributed by atoms with Gasteiger partial charge in [-0.05, 0) is 30.2 Å². The zero-order chi connectivity index (χ0) is 19.3. The third kappa shape index (κ3) is 2.46. The first-order valence-electron chi connectivity index (χ1n) is 8.36. The van der Waals surface area contributed by atoms with Crippen LogP contribution >= 0.6 is 0 Å². The average Bonchev–Trinajstić information content (AvgIpc) is 2.88. The number of carbonyl (C=O) groups excluding carboxylic acids is 1. The molecule has 1 aromatic rings. The number of benzene rings is 1. The Balaban J connectivity index is 1.81. The summed E-state index contributed by atoms with van der Waals surface area (Å²) < 4.78 is 0. The van der Waals surface area contributed by atoms with Crippen molar-refractivity contribution in [3.05, 3.63) is 38.4 Å². The fourth-order valence-corrected chi connectivity index (χ4v) is 4.39. The van der Waals surface area contributed by atoms with Gasteiger partial charge in [0.1, 0.15) is 11.5 Å². The number of fused-ring (bicyclic) bond motifs is 2. The minimum Gasteiger partial charge on any atom is -0.298 e. The number of nitro groups is 2. The van der Waals surface area contributed by atoms with E-state index in [9.17, 15) is 25.0 Å². The van der Waals surface area contributed by atoms with Crippen LogP contribution in [0.2, 0.25) is 0 Å². The van der Waals surface area contributed by atoms with Crippen molar-refractivity contribution in [3.8, 4) is 0 Å². The van der Waals surface area contributed by atoms with Crippen LogP contribution < -0.4 is 5.43 Å². The van der Waals surface area contributed by atoms with Crippen LogP contribution in [0.4, 0.5) is 17.1 Å². The van der Waals surface area contributed by atoms with Crippen LogP contribution in [0.15, 0.2) is 23.3 Å². The molecule has 26 heavy (non-hydrogen) atoms. The maximum atomic E-state index is 12.7. The van der Waals surface area contributed by atoms with E-state index in [1.165, 1.54) is 12.3 Å². The second-order valence-corrected chi connectivity index (χ2v) is 7.69. The van der Waals surface area contributed by atoms with Gasteiger partial charge in [0, 0.05) is 17.7 Å². The summed E-state index contributed by atoms with van der Waals surface area (Å²) >= 11 is 0. The number of anilines is 1. The zero-order valence-corrected chi connectivity index (χ0v) is 14.8. The summed E-state index contributed by atoms with van der Waals surface area (Å²) in [5.74, 6) is 0.0215. The molecule has 2 saturated carbocycles. The van der Waals surface area contributed by atoms with Crippen LogP contribution in [0.1, 0.15) is 33.6 Å². The average molecular weight is 360 g/mol. The minimum atomic E-state index is -0.711. The molecule has 0 aromatic heterocycles. The predicted octanol–water partition coefficient (Wildman–Crippen LogP) is 3.54. The largest absolute Gasteiger partial charge is 0.301 e. The highest BCUT2D eigenvalue weighted by molar-refractivity contribution is 6.02. The molecular weight excluding hydrogens is 340 g/mol. The predicted molar refractivity (Wildman–Crippen MR) is 95.0 cm³/mol. The number of hydrazone groups is 1. The van der Waals surface area contributed by atoms with Crippen molar-refractivity contribution in [3.63, 3.8) is 0 Å². The van der Waals surface area contributed by atoms with Crippen molar-refractivity contribution >= 4 is 29.1 Å². The van der Waals surface area contributed by atoms with Gasteiger partial charge in [-0.25, -0.2) is 0 Å². The minimum absolute atomic E-state index is 0.0397. The Morgan fingerprint density at radius 1 is 1.23 bits per heavy atom. The highest BCUT2D eigenvalue weighted by atomic mass is 16.6. The smallest absolute Gasteiger partial charge is 0.298 e. The highest BCUT2D eigenvalue weighted by Gasteiger charge is 2.65. The molecule has 2 bridgehead atoms. The number of nitro benzene ring substituents is 2. The monoisotopic (exact) mass is 360 g/mol. The van der Waals surface area contributed by atoms with Gasteiger partial charge in [0.2, 0.25) is 0 Å². The first-order chi connectivity index (χ1) is 12.1. The number of hydrogen-bond donors (Lipinski definition) is 1. The highest BCUT2D eigenvalue weighted by Crippen LogP contribution is 2.65. The van der Waals surface area contributed by atoms with Gasteiger partial charge in [0.05, 0.1) is 21.8 Å². The van der Waals surface area contributed by atoms with Crippen molar-refractivity contribution in [1.82, 2.24) is 0 Å². The van der Waals surface area contributed by atoms with E-state index in [2.05, 4.69) is 24.4 Å². The number of non-ortho nitro benzene ring substituents is 1.